The number of carbonyl (C=O) groups excluding carboxylic acids is 1. The lowest BCUT2D eigenvalue weighted by Crippen LogP contribution is -2.40. The summed E-state index contributed by atoms with van der Waals surface area (Å²) in [5.74, 6) is -1.28. The van der Waals surface area contributed by atoms with Gasteiger partial charge in [-0.05, 0) is 12.3 Å². The fourth-order valence-electron chi connectivity index (χ4n) is 2.52. The number of aromatic amines is 2. The molecule has 0 aliphatic carbocycles. The van der Waals surface area contributed by atoms with Gasteiger partial charge >= 0.3 is 11.7 Å². The third kappa shape index (κ3) is 2.16. The summed E-state index contributed by atoms with van der Waals surface area (Å²) in [4.78, 5) is 40.8. The van der Waals surface area contributed by atoms with E-state index in [9.17, 15) is 19.5 Å². The van der Waals surface area contributed by atoms with E-state index in [1.165, 1.54) is 11.1 Å². The van der Waals surface area contributed by atoms with E-state index in [1.807, 2.05) is 13.8 Å². The summed E-state index contributed by atoms with van der Waals surface area (Å²) in [5, 5.41) is 9.41. The molecule has 1 atom stereocenters. The number of carbonyl (C=O) groups is 2. The number of aliphatic carboxylic acids is 1. The van der Waals surface area contributed by atoms with Gasteiger partial charge in [-0.15, -0.1) is 0 Å². The monoisotopic (exact) mass is 267 g/mol. The first-order valence-electron chi connectivity index (χ1n) is 6.17. The van der Waals surface area contributed by atoms with Crippen molar-refractivity contribution in [3.63, 3.8) is 0 Å². The number of hydrogen-bond donors (Lipinski definition) is 3. The third-order valence-corrected chi connectivity index (χ3v) is 3.95. The number of aromatic nitrogens is 2. The molecule has 19 heavy (non-hydrogen) atoms. The summed E-state index contributed by atoms with van der Waals surface area (Å²) in [6.45, 7) is 4.25. The van der Waals surface area contributed by atoms with Gasteiger partial charge < -0.3 is 20.0 Å². The highest BCUT2D eigenvalue weighted by Crippen LogP contribution is 2.38. The molecular formula is C12H17N3O4. The number of rotatable bonds is 3. The summed E-state index contributed by atoms with van der Waals surface area (Å²) in [6, 6.07) is 0. The van der Waals surface area contributed by atoms with Gasteiger partial charge in [0.15, 0.2) is 0 Å². The lowest BCUT2D eigenvalue weighted by Gasteiger charge is -2.28. The predicted octanol–water partition coefficient (Wildman–Crippen LogP) is 0.276. The van der Waals surface area contributed by atoms with Gasteiger partial charge in [-0.2, -0.15) is 0 Å². The van der Waals surface area contributed by atoms with E-state index in [0.29, 0.717) is 13.0 Å². The van der Waals surface area contributed by atoms with Crippen LogP contribution in [0.1, 0.15) is 30.8 Å². The first-order chi connectivity index (χ1) is 8.86. The average Bonchev–Trinajstić information content (AvgIpc) is 2.94. The SMILES string of the molecule is CC(C)C1(C(=O)O)CCN(C(=O)c2c[nH]c(=O)[nH]2)C1. The number of hydrogen-bond acceptors (Lipinski definition) is 3. The molecule has 1 fully saturated rings. The molecule has 7 heteroatoms. The fourth-order valence-corrected chi connectivity index (χ4v) is 2.52. The molecule has 1 aliphatic rings. The van der Waals surface area contributed by atoms with Crippen molar-refractivity contribution < 1.29 is 14.7 Å². The first-order valence-corrected chi connectivity index (χ1v) is 6.17. The molecule has 1 aromatic heterocycles. The zero-order valence-corrected chi connectivity index (χ0v) is 10.9. The Morgan fingerprint density at radius 1 is 1.47 bits per heavy atom. The van der Waals surface area contributed by atoms with Crippen LogP contribution in [0.15, 0.2) is 11.0 Å². The minimum absolute atomic E-state index is 0.0620. The van der Waals surface area contributed by atoms with Crippen LogP contribution in [0.2, 0.25) is 0 Å². The largest absolute Gasteiger partial charge is 0.481 e. The van der Waals surface area contributed by atoms with Crippen LogP contribution in [0.25, 0.3) is 0 Å². The van der Waals surface area contributed by atoms with Gasteiger partial charge in [0, 0.05) is 19.3 Å². The quantitative estimate of drug-likeness (QED) is 0.731. The van der Waals surface area contributed by atoms with E-state index in [4.69, 9.17) is 0 Å². The molecule has 1 amide bonds. The predicted molar refractivity (Wildman–Crippen MR) is 66.8 cm³/mol. The number of carboxylic acids is 1. The highest BCUT2D eigenvalue weighted by Gasteiger charge is 2.48. The van der Waals surface area contributed by atoms with E-state index in [-0.39, 0.29) is 24.1 Å². The zero-order chi connectivity index (χ0) is 14.2. The van der Waals surface area contributed by atoms with Gasteiger partial charge in [0.25, 0.3) is 5.91 Å². The normalized spacial score (nSPS) is 23.0. The van der Waals surface area contributed by atoms with Crippen LogP contribution >= 0.6 is 0 Å². The molecule has 1 saturated heterocycles. The Morgan fingerprint density at radius 3 is 2.58 bits per heavy atom. The highest BCUT2D eigenvalue weighted by molar-refractivity contribution is 5.93. The number of carboxylic acid groups (broad SMARTS) is 1. The number of H-pyrrole nitrogens is 2. The fraction of sp³-hybridized carbons (Fsp3) is 0.583. The second kappa shape index (κ2) is 4.56. The molecule has 0 radical (unpaired) electrons. The van der Waals surface area contributed by atoms with Crippen molar-refractivity contribution in [1.29, 1.82) is 0 Å². The highest BCUT2D eigenvalue weighted by atomic mass is 16.4. The third-order valence-electron chi connectivity index (χ3n) is 3.95. The maximum absolute atomic E-state index is 12.1. The number of amides is 1. The smallest absolute Gasteiger partial charge is 0.323 e. The van der Waals surface area contributed by atoms with Crippen LogP contribution < -0.4 is 5.69 Å². The van der Waals surface area contributed by atoms with Crippen LogP contribution in [0, 0.1) is 11.3 Å². The minimum atomic E-state index is -0.897. The Hall–Kier alpha value is -2.05. The van der Waals surface area contributed by atoms with Crippen molar-refractivity contribution in [2.24, 2.45) is 11.3 Å². The van der Waals surface area contributed by atoms with Crippen LogP contribution in [-0.2, 0) is 4.79 Å². The van der Waals surface area contributed by atoms with Gasteiger partial charge in [-0.3, -0.25) is 9.59 Å². The summed E-state index contributed by atoms with van der Waals surface area (Å²) in [6.07, 6.45) is 1.74. The van der Waals surface area contributed by atoms with E-state index >= 15 is 0 Å². The molecule has 104 valence electrons. The molecule has 7 nitrogen and oxygen atoms in total. The molecule has 0 spiro atoms. The van der Waals surface area contributed by atoms with Crippen LogP contribution in [0.5, 0.6) is 0 Å². The van der Waals surface area contributed by atoms with Crippen molar-refractivity contribution in [2.45, 2.75) is 20.3 Å². The van der Waals surface area contributed by atoms with E-state index in [0.717, 1.165) is 0 Å². The number of nitrogens with zero attached hydrogens (tertiary/aromatic N) is 1. The number of imidazole rings is 1. The molecule has 2 rings (SSSR count). The van der Waals surface area contributed by atoms with Gasteiger partial charge in [0.2, 0.25) is 0 Å². The van der Waals surface area contributed by atoms with E-state index in [1.54, 1.807) is 0 Å². The average molecular weight is 267 g/mol. The summed E-state index contributed by atoms with van der Waals surface area (Å²) >= 11 is 0. The van der Waals surface area contributed by atoms with Gasteiger partial charge in [-0.1, -0.05) is 13.8 Å². The summed E-state index contributed by atoms with van der Waals surface area (Å²) in [5.41, 5.74) is -1.18. The second-order valence-electron chi connectivity index (χ2n) is 5.25. The zero-order valence-electron chi connectivity index (χ0n) is 10.9. The Balaban J connectivity index is 2.20. The Morgan fingerprint density at radius 2 is 2.16 bits per heavy atom. The topological polar surface area (TPSA) is 106 Å². The van der Waals surface area contributed by atoms with E-state index < -0.39 is 17.1 Å². The second-order valence-corrected chi connectivity index (χ2v) is 5.25. The molecule has 0 saturated carbocycles. The lowest BCUT2D eigenvalue weighted by molar-refractivity contribution is -0.150. The Bertz CT molecular complexity index is 559. The van der Waals surface area contributed by atoms with Gasteiger partial charge in [0.05, 0.1) is 5.41 Å². The van der Waals surface area contributed by atoms with Crippen molar-refractivity contribution in [3.8, 4) is 0 Å². The van der Waals surface area contributed by atoms with E-state index in [2.05, 4.69) is 9.97 Å². The number of nitrogens with one attached hydrogen (secondary N) is 2. The van der Waals surface area contributed by atoms with Crippen LogP contribution in [-0.4, -0.2) is 44.9 Å². The Labute approximate surface area is 109 Å². The molecule has 0 aromatic carbocycles. The molecule has 1 aromatic rings. The lowest BCUT2D eigenvalue weighted by atomic mass is 9.76. The molecule has 1 unspecified atom stereocenters. The van der Waals surface area contributed by atoms with Crippen molar-refractivity contribution in [1.82, 2.24) is 14.9 Å². The van der Waals surface area contributed by atoms with Crippen molar-refractivity contribution in [3.05, 3.63) is 22.4 Å². The molecular weight excluding hydrogens is 250 g/mol. The minimum Gasteiger partial charge on any atom is -0.481 e. The maximum atomic E-state index is 12.1. The van der Waals surface area contributed by atoms with Crippen molar-refractivity contribution in [2.75, 3.05) is 13.1 Å². The molecule has 1 aliphatic heterocycles. The van der Waals surface area contributed by atoms with Crippen molar-refractivity contribution >= 4 is 11.9 Å². The molecule has 2 heterocycles. The summed E-state index contributed by atoms with van der Waals surface area (Å²) in [7, 11) is 0. The standard InChI is InChI=1S/C12H17N3O4/c1-7(2)12(10(17)18)3-4-15(6-12)9(16)8-5-13-11(19)14-8/h5,7H,3-4,6H2,1-2H3,(H,17,18)(H2,13,14,19). The number of likely N-dealkylation sites (tertiary alicyclic amines) is 1. The Kier molecular flexibility index (Phi) is 3.21. The maximum Gasteiger partial charge on any atom is 0.323 e. The summed E-state index contributed by atoms with van der Waals surface area (Å²) < 4.78 is 0. The van der Waals surface area contributed by atoms with Gasteiger partial charge in [0.1, 0.15) is 5.69 Å². The van der Waals surface area contributed by atoms with Gasteiger partial charge in [-0.25, -0.2) is 4.79 Å². The molecule has 0 bridgehead atoms. The first kappa shape index (κ1) is 13.4. The van der Waals surface area contributed by atoms with Crippen LogP contribution in [0.3, 0.4) is 0 Å². The molecule has 3 N–H and O–H groups in total. The van der Waals surface area contributed by atoms with Crippen LogP contribution in [0.4, 0.5) is 0 Å².